The van der Waals surface area contributed by atoms with E-state index in [4.69, 9.17) is 0 Å². The van der Waals surface area contributed by atoms with Crippen LogP contribution in [0.3, 0.4) is 0 Å². The van der Waals surface area contributed by atoms with Gasteiger partial charge in [-0.15, -0.1) is 11.3 Å². The van der Waals surface area contributed by atoms with E-state index in [0.29, 0.717) is 0 Å². The number of fused-ring (bicyclic) bond motifs is 8. The molecule has 0 saturated heterocycles. The molecule has 0 fully saturated rings. The predicted octanol–water partition coefficient (Wildman–Crippen LogP) is 12.6. The zero-order valence-corrected chi connectivity index (χ0v) is 26.1. The molecule has 1 aliphatic carbocycles. The molecule has 0 atom stereocenters. The first-order valence-electron chi connectivity index (χ1n) is 15.6. The first-order valence-corrected chi connectivity index (χ1v) is 16.4. The lowest BCUT2D eigenvalue weighted by Crippen LogP contribution is -2.14. The fraction of sp³-hybridized carbons (Fsp3) is 0.0698. The molecule has 1 N–H and O–H groups in total. The highest BCUT2D eigenvalue weighted by atomic mass is 32.1. The molecule has 1 heterocycles. The molecule has 0 bridgehead atoms. The Bertz CT molecular complexity index is 2410. The lowest BCUT2D eigenvalue weighted by atomic mass is 9.81. The highest BCUT2D eigenvalue weighted by Crippen LogP contribution is 2.49. The molecular weight excluding hydrogens is 563 g/mol. The topological polar surface area (TPSA) is 12.0 Å². The Morgan fingerprint density at radius 3 is 1.89 bits per heavy atom. The highest BCUT2D eigenvalue weighted by molar-refractivity contribution is 7.27. The predicted molar refractivity (Wildman–Crippen MR) is 195 cm³/mol. The molecule has 214 valence electrons. The summed E-state index contributed by atoms with van der Waals surface area (Å²) in [6.07, 6.45) is 0. The van der Waals surface area contributed by atoms with Gasteiger partial charge >= 0.3 is 0 Å². The smallest absolute Gasteiger partial charge is 0.0434 e. The van der Waals surface area contributed by atoms with Gasteiger partial charge in [0.05, 0.1) is 0 Å². The average molecular weight is 594 g/mol. The Morgan fingerprint density at radius 2 is 1.07 bits per heavy atom. The lowest BCUT2D eigenvalue weighted by molar-refractivity contribution is 0.660. The minimum atomic E-state index is 0.00642. The molecule has 8 aromatic rings. The van der Waals surface area contributed by atoms with Crippen molar-refractivity contribution in [2.24, 2.45) is 0 Å². The maximum Gasteiger partial charge on any atom is 0.0434 e. The third kappa shape index (κ3) is 4.13. The summed E-state index contributed by atoms with van der Waals surface area (Å²) < 4.78 is 2.71. The molecule has 1 aromatic heterocycles. The largest absolute Gasteiger partial charge is 0.356 e. The molecule has 0 radical (unpaired) electrons. The zero-order valence-electron chi connectivity index (χ0n) is 25.3. The summed E-state index contributed by atoms with van der Waals surface area (Å²) in [6, 6.07) is 53.3. The van der Waals surface area contributed by atoms with Crippen molar-refractivity contribution in [3.05, 3.63) is 157 Å². The number of nitrogens with one attached hydrogen (secondary N) is 1. The van der Waals surface area contributed by atoms with E-state index in [1.807, 2.05) is 11.3 Å². The molecule has 9 rings (SSSR count). The van der Waals surface area contributed by atoms with Gasteiger partial charge in [0, 0.05) is 37.0 Å². The first-order chi connectivity index (χ1) is 22.0. The minimum absolute atomic E-state index is 0.00642. The Labute approximate surface area is 267 Å². The van der Waals surface area contributed by atoms with Crippen LogP contribution in [0.4, 0.5) is 11.4 Å². The van der Waals surface area contributed by atoms with Crippen LogP contribution in [-0.2, 0) is 5.41 Å². The van der Waals surface area contributed by atoms with Crippen LogP contribution in [-0.4, -0.2) is 0 Å². The fourth-order valence-electron chi connectivity index (χ4n) is 7.28. The zero-order chi connectivity index (χ0) is 30.1. The molecular formula is C43H31NS. The maximum atomic E-state index is 3.61. The van der Waals surface area contributed by atoms with Crippen molar-refractivity contribution < 1.29 is 0 Å². The van der Waals surface area contributed by atoms with Gasteiger partial charge in [-0.3, -0.25) is 0 Å². The van der Waals surface area contributed by atoms with E-state index in [1.54, 1.807) is 0 Å². The van der Waals surface area contributed by atoms with Crippen LogP contribution in [0.2, 0.25) is 0 Å². The third-order valence-corrected chi connectivity index (χ3v) is 11.0. The van der Waals surface area contributed by atoms with Crippen LogP contribution < -0.4 is 5.32 Å². The number of thiophene rings is 1. The van der Waals surface area contributed by atoms with Gasteiger partial charge in [0.2, 0.25) is 0 Å². The van der Waals surface area contributed by atoms with Crippen LogP contribution in [0.5, 0.6) is 0 Å². The Hall–Kier alpha value is -5.18. The van der Waals surface area contributed by atoms with E-state index in [0.717, 1.165) is 11.4 Å². The van der Waals surface area contributed by atoms with Crippen molar-refractivity contribution in [3.8, 4) is 33.4 Å². The molecule has 45 heavy (non-hydrogen) atoms. The van der Waals surface area contributed by atoms with Crippen molar-refractivity contribution in [1.82, 2.24) is 0 Å². The van der Waals surface area contributed by atoms with Crippen LogP contribution in [0, 0.1) is 0 Å². The molecule has 1 nitrogen and oxygen atoms in total. The van der Waals surface area contributed by atoms with Crippen LogP contribution in [0.1, 0.15) is 25.0 Å². The Balaban J connectivity index is 0.980. The molecule has 0 aliphatic heterocycles. The van der Waals surface area contributed by atoms with E-state index in [-0.39, 0.29) is 5.41 Å². The molecule has 0 amide bonds. The molecule has 1 aliphatic rings. The molecule has 0 saturated carbocycles. The van der Waals surface area contributed by atoms with E-state index >= 15 is 0 Å². The molecule has 2 heteroatoms. The first kappa shape index (κ1) is 26.2. The van der Waals surface area contributed by atoms with Crippen molar-refractivity contribution >= 4 is 53.7 Å². The van der Waals surface area contributed by atoms with Gasteiger partial charge in [0.15, 0.2) is 0 Å². The summed E-state index contributed by atoms with van der Waals surface area (Å²) in [4.78, 5) is 0. The molecule has 0 unspecified atom stereocenters. The lowest BCUT2D eigenvalue weighted by Gasteiger charge is -2.22. The van der Waals surface area contributed by atoms with Crippen molar-refractivity contribution in [2.75, 3.05) is 5.32 Å². The molecule has 0 spiro atoms. The number of rotatable bonds is 4. The van der Waals surface area contributed by atoms with E-state index < -0.39 is 0 Å². The summed E-state index contributed by atoms with van der Waals surface area (Å²) >= 11 is 1.91. The molecule has 7 aromatic carbocycles. The van der Waals surface area contributed by atoms with Gasteiger partial charge in [0.25, 0.3) is 0 Å². The average Bonchev–Trinajstić information content (AvgIpc) is 3.58. The Kier molecular flexibility index (Phi) is 5.78. The second-order valence-corrected chi connectivity index (χ2v) is 13.7. The normalized spacial score (nSPS) is 13.3. The second-order valence-electron chi connectivity index (χ2n) is 12.7. The summed E-state index contributed by atoms with van der Waals surface area (Å²) in [6.45, 7) is 4.68. The summed E-state index contributed by atoms with van der Waals surface area (Å²) in [5, 5.41) is 8.91. The fourth-order valence-corrected chi connectivity index (χ4v) is 8.65. The van der Waals surface area contributed by atoms with E-state index in [2.05, 4.69) is 165 Å². The van der Waals surface area contributed by atoms with Crippen LogP contribution in [0.15, 0.2) is 146 Å². The summed E-state index contributed by atoms with van der Waals surface area (Å²) in [5.41, 5.74) is 12.7. The van der Waals surface area contributed by atoms with Gasteiger partial charge in [0.1, 0.15) is 0 Å². The standard InChI is InChI=1S/C43H31NS/c1-43(2)39-13-6-5-10-35(39)36-24-19-30(26-40(36)43)27-14-20-31(21-15-27)44-32-22-16-29(17-23-32)34-11-7-12-37-38-25-18-28-8-3-4-9-33(28)42(38)45-41(34)37/h3-26,44H,1-2H3. The van der Waals surface area contributed by atoms with Gasteiger partial charge < -0.3 is 5.32 Å². The summed E-state index contributed by atoms with van der Waals surface area (Å²) in [5.74, 6) is 0. The number of anilines is 2. The van der Waals surface area contributed by atoms with E-state index in [9.17, 15) is 0 Å². The van der Waals surface area contributed by atoms with Crippen molar-refractivity contribution in [2.45, 2.75) is 19.3 Å². The number of hydrogen-bond donors (Lipinski definition) is 1. The van der Waals surface area contributed by atoms with Crippen molar-refractivity contribution in [1.29, 1.82) is 0 Å². The van der Waals surface area contributed by atoms with Crippen LogP contribution in [0.25, 0.3) is 64.3 Å². The number of hydrogen-bond acceptors (Lipinski definition) is 2. The number of benzene rings is 7. The Morgan fingerprint density at radius 1 is 0.444 bits per heavy atom. The second kappa shape index (κ2) is 9.92. The van der Waals surface area contributed by atoms with Gasteiger partial charge in [-0.1, -0.05) is 129 Å². The van der Waals surface area contributed by atoms with Gasteiger partial charge in [-0.05, 0) is 85.6 Å². The van der Waals surface area contributed by atoms with Gasteiger partial charge in [-0.2, -0.15) is 0 Å². The maximum absolute atomic E-state index is 3.61. The monoisotopic (exact) mass is 593 g/mol. The highest BCUT2D eigenvalue weighted by Gasteiger charge is 2.35. The summed E-state index contributed by atoms with van der Waals surface area (Å²) in [7, 11) is 0. The quantitative estimate of drug-likeness (QED) is 0.214. The SMILES string of the molecule is CC1(C)c2ccccc2-c2ccc(-c3ccc(Nc4ccc(-c5cccc6c5sc5c7ccccc7ccc65)cc4)cc3)cc21. The minimum Gasteiger partial charge on any atom is -0.356 e. The van der Waals surface area contributed by atoms with E-state index in [1.165, 1.54) is 75.5 Å². The van der Waals surface area contributed by atoms with Gasteiger partial charge in [-0.25, -0.2) is 0 Å². The third-order valence-electron chi connectivity index (χ3n) is 9.68. The van der Waals surface area contributed by atoms with Crippen molar-refractivity contribution in [3.63, 3.8) is 0 Å². The van der Waals surface area contributed by atoms with Crippen LogP contribution >= 0.6 is 11.3 Å².